The van der Waals surface area contributed by atoms with Crippen LogP contribution in [0.1, 0.15) is 89.5 Å². The maximum absolute atomic E-state index is 13.7. The Morgan fingerprint density at radius 1 is 1.11 bits per heavy atom. The van der Waals surface area contributed by atoms with Crippen LogP contribution < -0.4 is 5.32 Å². The summed E-state index contributed by atoms with van der Waals surface area (Å²) in [5.74, 6) is 0.756. The number of β-lactam (4-membered cyclic amide) rings is 1. The molecule has 4 heterocycles. The maximum atomic E-state index is 13.7. The van der Waals surface area contributed by atoms with Crippen molar-refractivity contribution in [3.63, 3.8) is 0 Å². The molecule has 38 heavy (non-hydrogen) atoms. The molecular formula is C30H40FN3O4. The molecule has 0 radical (unpaired) electrons. The largest absolute Gasteiger partial charge is 0.356 e. The fourth-order valence-corrected chi connectivity index (χ4v) is 6.16. The zero-order valence-corrected chi connectivity index (χ0v) is 23.0. The van der Waals surface area contributed by atoms with Crippen molar-refractivity contribution >= 4 is 17.6 Å². The molecule has 3 aliphatic rings. The molecule has 3 saturated heterocycles. The summed E-state index contributed by atoms with van der Waals surface area (Å²) < 4.78 is 18.6. The molecule has 2 amide bonds. The van der Waals surface area contributed by atoms with Gasteiger partial charge in [0.2, 0.25) is 17.6 Å². The van der Waals surface area contributed by atoms with Crippen LogP contribution >= 0.6 is 0 Å². The van der Waals surface area contributed by atoms with E-state index < -0.39 is 5.54 Å². The Kier molecular flexibility index (Phi) is 8.68. The molecule has 3 aliphatic heterocycles. The van der Waals surface area contributed by atoms with E-state index in [4.69, 9.17) is 4.52 Å². The predicted octanol–water partition coefficient (Wildman–Crippen LogP) is 5.79. The van der Waals surface area contributed by atoms with E-state index in [1.54, 1.807) is 18.2 Å². The number of aromatic nitrogens is 1. The van der Waals surface area contributed by atoms with Gasteiger partial charge in [-0.15, -0.1) is 0 Å². The van der Waals surface area contributed by atoms with E-state index in [-0.39, 0.29) is 41.1 Å². The van der Waals surface area contributed by atoms with Crippen LogP contribution in [0.25, 0.3) is 11.3 Å². The third kappa shape index (κ3) is 5.69. The van der Waals surface area contributed by atoms with Gasteiger partial charge in [-0.05, 0) is 74.6 Å². The van der Waals surface area contributed by atoms with E-state index in [1.165, 1.54) is 18.6 Å². The van der Waals surface area contributed by atoms with E-state index in [0.29, 0.717) is 36.0 Å². The van der Waals surface area contributed by atoms with Gasteiger partial charge in [-0.25, -0.2) is 4.39 Å². The van der Waals surface area contributed by atoms with Crippen molar-refractivity contribution in [2.45, 2.75) is 90.6 Å². The van der Waals surface area contributed by atoms with Crippen molar-refractivity contribution < 1.29 is 23.3 Å². The number of rotatable bonds is 7. The zero-order chi connectivity index (χ0) is 27.4. The summed E-state index contributed by atoms with van der Waals surface area (Å²) >= 11 is 0. The standard InChI is InChI=1S/C24H29FN2O3.C6H11NO/c1-14(2)11-18-9-10-24(19(12-15(3)4)23(29)27(18)24)22(28)20-13-21(30-26-20)16-5-7-17(25)8-6-16;8-6-4-2-1-3-5-7-6/h5-8,13-15,18-19H,9-12H2,1-4H3;1-5H2,(H,7,8)/t18-,19+,24?;/m0./s1. The van der Waals surface area contributed by atoms with Crippen molar-refractivity contribution in [1.29, 1.82) is 0 Å². The topological polar surface area (TPSA) is 92.5 Å². The highest BCUT2D eigenvalue weighted by Crippen LogP contribution is 2.54. The first-order valence-electron chi connectivity index (χ1n) is 14.0. The molecule has 3 fully saturated rings. The first kappa shape index (κ1) is 28.0. The number of benzene rings is 1. The Bertz CT molecular complexity index is 1130. The molecule has 206 valence electrons. The van der Waals surface area contributed by atoms with Crippen molar-refractivity contribution in [2.75, 3.05) is 6.54 Å². The van der Waals surface area contributed by atoms with Gasteiger partial charge in [0.1, 0.15) is 11.4 Å². The summed E-state index contributed by atoms with van der Waals surface area (Å²) in [6, 6.07) is 7.60. The number of hydrogen-bond donors (Lipinski definition) is 1. The van der Waals surface area contributed by atoms with Crippen LogP contribution in [0.3, 0.4) is 0 Å². The van der Waals surface area contributed by atoms with Gasteiger partial charge < -0.3 is 14.7 Å². The van der Waals surface area contributed by atoms with Crippen LogP contribution in [0.2, 0.25) is 0 Å². The Labute approximate surface area is 224 Å². The van der Waals surface area contributed by atoms with Crippen LogP contribution in [0.15, 0.2) is 34.9 Å². The van der Waals surface area contributed by atoms with Crippen LogP contribution in [0, 0.1) is 23.6 Å². The molecular weight excluding hydrogens is 485 g/mol. The molecule has 0 saturated carbocycles. The first-order valence-corrected chi connectivity index (χ1v) is 14.0. The Hall–Kier alpha value is -3.03. The van der Waals surface area contributed by atoms with Crippen molar-refractivity contribution in [3.8, 4) is 11.3 Å². The van der Waals surface area contributed by atoms with Crippen LogP contribution in [0.4, 0.5) is 4.39 Å². The SMILES string of the molecule is CC(C)C[C@@H]1CCC2(C(=O)c3cc(-c4ccc(F)cc4)on3)[C@H](CC(C)C)C(=O)N12.O=C1CCCCCN1. The lowest BCUT2D eigenvalue weighted by atomic mass is 9.66. The minimum atomic E-state index is -0.808. The van der Waals surface area contributed by atoms with Gasteiger partial charge in [-0.2, -0.15) is 0 Å². The monoisotopic (exact) mass is 525 g/mol. The number of carbonyl (C=O) groups excluding carboxylic acids is 3. The van der Waals surface area contributed by atoms with Gasteiger partial charge in [0.05, 0.1) is 5.92 Å². The third-order valence-electron chi connectivity index (χ3n) is 7.88. The quantitative estimate of drug-likeness (QED) is 0.365. The molecule has 2 aromatic rings. The van der Waals surface area contributed by atoms with E-state index in [2.05, 4.69) is 38.2 Å². The highest BCUT2D eigenvalue weighted by molar-refractivity contribution is 6.12. The smallest absolute Gasteiger partial charge is 0.229 e. The van der Waals surface area contributed by atoms with Crippen LogP contribution in [-0.2, 0) is 9.59 Å². The molecule has 5 rings (SSSR count). The molecule has 1 unspecified atom stereocenters. The molecule has 1 N–H and O–H groups in total. The molecule has 0 bridgehead atoms. The number of ketones is 1. The summed E-state index contributed by atoms with van der Waals surface area (Å²) in [4.78, 5) is 39.2. The third-order valence-corrected chi connectivity index (χ3v) is 7.88. The first-order chi connectivity index (χ1) is 18.1. The van der Waals surface area contributed by atoms with Gasteiger partial charge in [-0.3, -0.25) is 14.4 Å². The molecule has 1 aromatic heterocycles. The number of carbonyl (C=O) groups is 3. The second-order valence-electron chi connectivity index (χ2n) is 11.7. The van der Waals surface area contributed by atoms with Gasteiger partial charge in [0.15, 0.2) is 11.5 Å². The molecule has 7 nitrogen and oxygen atoms in total. The van der Waals surface area contributed by atoms with E-state index >= 15 is 0 Å². The molecule has 0 spiro atoms. The maximum Gasteiger partial charge on any atom is 0.229 e. The lowest BCUT2D eigenvalue weighted by Crippen LogP contribution is -2.73. The summed E-state index contributed by atoms with van der Waals surface area (Å²) in [5.41, 5.74) is 0.0910. The van der Waals surface area contributed by atoms with E-state index in [0.717, 1.165) is 38.6 Å². The summed E-state index contributed by atoms with van der Waals surface area (Å²) in [6.07, 6.45) is 7.28. The number of halogens is 1. The second-order valence-corrected chi connectivity index (χ2v) is 11.7. The van der Waals surface area contributed by atoms with Gasteiger partial charge >= 0.3 is 0 Å². The van der Waals surface area contributed by atoms with Crippen molar-refractivity contribution in [3.05, 3.63) is 41.8 Å². The highest BCUT2D eigenvalue weighted by Gasteiger charge is 2.68. The van der Waals surface area contributed by atoms with Crippen molar-refractivity contribution in [1.82, 2.24) is 15.4 Å². The number of nitrogens with one attached hydrogen (secondary N) is 1. The zero-order valence-electron chi connectivity index (χ0n) is 23.0. The highest BCUT2D eigenvalue weighted by atomic mass is 19.1. The average molecular weight is 526 g/mol. The predicted molar refractivity (Wildman–Crippen MR) is 143 cm³/mol. The molecule has 0 aliphatic carbocycles. The van der Waals surface area contributed by atoms with Gasteiger partial charge in [0, 0.05) is 30.6 Å². The van der Waals surface area contributed by atoms with Gasteiger partial charge in [0.25, 0.3) is 0 Å². The van der Waals surface area contributed by atoms with E-state index in [1.807, 2.05) is 4.90 Å². The summed E-state index contributed by atoms with van der Waals surface area (Å²) in [5, 5.41) is 6.85. The fourth-order valence-electron chi connectivity index (χ4n) is 6.16. The summed E-state index contributed by atoms with van der Waals surface area (Å²) in [7, 11) is 0. The molecule has 3 atom stereocenters. The number of fused-ring (bicyclic) bond motifs is 1. The lowest BCUT2D eigenvalue weighted by Gasteiger charge is -2.55. The molecule has 1 aromatic carbocycles. The van der Waals surface area contributed by atoms with Gasteiger partial charge in [-0.1, -0.05) is 39.3 Å². The minimum absolute atomic E-state index is 0.0995. The Morgan fingerprint density at radius 3 is 2.50 bits per heavy atom. The van der Waals surface area contributed by atoms with E-state index in [9.17, 15) is 18.8 Å². The number of nitrogens with zero attached hydrogens (tertiary/aromatic N) is 2. The second kappa shape index (κ2) is 11.8. The normalized spacial score (nSPS) is 24.9. The number of amides is 2. The lowest BCUT2D eigenvalue weighted by molar-refractivity contribution is -0.166. The van der Waals surface area contributed by atoms with Crippen LogP contribution in [-0.4, -0.2) is 45.8 Å². The fraction of sp³-hybridized carbons (Fsp3) is 0.600. The number of hydrogen-bond acceptors (Lipinski definition) is 5. The average Bonchev–Trinajstić information content (AvgIpc) is 3.41. The van der Waals surface area contributed by atoms with Crippen molar-refractivity contribution in [2.24, 2.45) is 17.8 Å². The molecule has 8 heteroatoms. The van der Waals surface area contributed by atoms with Crippen LogP contribution in [0.5, 0.6) is 0 Å². The Balaban J connectivity index is 0.000000360. The minimum Gasteiger partial charge on any atom is -0.356 e. The Morgan fingerprint density at radius 2 is 1.82 bits per heavy atom. The summed E-state index contributed by atoms with van der Waals surface area (Å²) in [6.45, 7) is 9.34. The number of Topliss-reactive ketones (excluding diaryl/α,β-unsaturated/α-hetero) is 1.